The summed E-state index contributed by atoms with van der Waals surface area (Å²) >= 11 is 5.67. The van der Waals surface area contributed by atoms with Gasteiger partial charge in [-0.05, 0) is 53.3 Å². The maximum atomic E-state index is 13.1. The molecule has 0 aromatic heterocycles. The second-order valence-electron chi connectivity index (χ2n) is 6.71. The Kier molecular flexibility index (Phi) is 6.42. The lowest BCUT2D eigenvalue weighted by Gasteiger charge is -2.19. The van der Waals surface area contributed by atoms with Crippen LogP contribution in [0.2, 0.25) is 5.02 Å². The number of halogens is 4. The zero-order valence-electron chi connectivity index (χ0n) is 15.1. The fraction of sp³-hybridized carbons (Fsp3) is 0.350. The smallest absolute Gasteiger partial charge is 0.417 e. The van der Waals surface area contributed by atoms with Crippen LogP contribution in [0, 0.1) is 5.92 Å². The molecule has 0 saturated heterocycles. The predicted molar refractivity (Wildman–Crippen MR) is 97.8 cm³/mol. The van der Waals surface area contributed by atoms with Crippen LogP contribution in [0.1, 0.15) is 37.3 Å². The summed E-state index contributed by atoms with van der Waals surface area (Å²) in [6.45, 7) is 3.88. The maximum Gasteiger partial charge on any atom is 0.417 e. The summed E-state index contributed by atoms with van der Waals surface area (Å²) in [5.41, 5.74) is 0.106. The van der Waals surface area contributed by atoms with E-state index in [4.69, 9.17) is 16.3 Å². The summed E-state index contributed by atoms with van der Waals surface area (Å²) in [4.78, 5) is 12.2. The first-order valence-electron chi connectivity index (χ1n) is 8.31. The van der Waals surface area contributed by atoms with Gasteiger partial charge in [-0.25, -0.2) is 0 Å². The molecule has 0 spiro atoms. The standard InChI is InChI=1S/C20H20ClF3O3/c1-11(2)6-16(19(26)27-3)14-7-13(8-15(25)9-14)12-4-5-18(21)17(10-12)20(22,23)24/h4-5,7-11,16,25H,6H2,1-3H3. The van der Waals surface area contributed by atoms with E-state index in [-0.39, 0.29) is 17.2 Å². The van der Waals surface area contributed by atoms with E-state index in [1.165, 1.54) is 25.3 Å². The molecule has 0 aliphatic heterocycles. The van der Waals surface area contributed by atoms with E-state index in [0.29, 0.717) is 17.5 Å². The van der Waals surface area contributed by atoms with Gasteiger partial charge in [0.25, 0.3) is 0 Å². The van der Waals surface area contributed by atoms with Crippen molar-refractivity contribution in [3.63, 3.8) is 0 Å². The van der Waals surface area contributed by atoms with Gasteiger partial charge in [0, 0.05) is 0 Å². The van der Waals surface area contributed by atoms with Crippen LogP contribution >= 0.6 is 11.6 Å². The number of phenolic OH excluding ortho intramolecular Hbond substituents is 1. The molecule has 0 heterocycles. The zero-order chi connectivity index (χ0) is 20.4. The molecule has 2 rings (SSSR count). The largest absolute Gasteiger partial charge is 0.508 e. The van der Waals surface area contributed by atoms with Gasteiger partial charge in [0.1, 0.15) is 5.75 Å². The third-order valence-electron chi connectivity index (χ3n) is 4.14. The summed E-state index contributed by atoms with van der Waals surface area (Å²) in [6.07, 6.45) is -4.12. The van der Waals surface area contributed by atoms with Gasteiger partial charge < -0.3 is 9.84 Å². The first kappa shape index (κ1) is 21.1. The van der Waals surface area contributed by atoms with E-state index >= 15 is 0 Å². The molecule has 0 radical (unpaired) electrons. The molecule has 2 aromatic rings. The molecule has 27 heavy (non-hydrogen) atoms. The van der Waals surface area contributed by atoms with Crippen LogP contribution in [0.15, 0.2) is 36.4 Å². The lowest BCUT2D eigenvalue weighted by molar-refractivity contribution is -0.143. The molecule has 3 nitrogen and oxygen atoms in total. The Bertz CT molecular complexity index is 832. The second kappa shape index (κ2) is 8.21. The first-order valence-corrected chi connectivity index (χ1v) is 8.69. The molecule has 2 aromatic carbocycles. The molecule has 7 heteroatoms. The quantitative estimate of drug-likeness (QED) is 0.623. The number of esters is 1. The minimum Gasteiger partial charge on any atom is -0.508 e. The lowest BCUT2D eigenvalue weighted by Crippen LogP contribution is -2.16. The minimum atomic E-state index is -4.60. The van der Waals surface area contributed by atoms with Gasteiger partial charge in [-0.1, -0.05) is 37.6 Å². The van der Waals surface area contributed by atoms with Crippen LogP contribution in [0.3, 0.4) is 0 Å². The van der Waals surface area contributed by atoms with E-state index in [0.717, 1.165) is 12.1 Å². The Labute approximate surface area is 160 Å². The van der Waals surface area contributed by atoms with Crippen LogP contribution < -0.4 is 0 Å². The van der Waals surface area contributed by atoms with E-state index in [1.54, 1.807) is 6.07 Å². The summed E-state index contributed by atoms with van der Waals surface area (Å²) in [7, 11) is 1.27. The van der Waals surface area contributed by atoms with Gasteiger partial charge in [-0.3, -0.25) is 4.79 Å². The van der Waals surface area contributed by atoms with Gasteiger partial charge in [0.15, 0.2) is 0 Å². The van der Waals surface area contributed by atoms with Gasteiger partial charge in [-0.2, -0.15) is 13.2 Å². The fourth-order valence-electron chi connectivity index (χ4n) is 2.91. The van der Waals surface area contributed by atoms with Gasteiger partial charge in [0.2, 0.25) is 0 Å². The number of methoxy groups -OCH3 is 1. The molecule has 0 bridgehead atoms. The Morgan fingerprint density at radius 2 is 1.81 bits per heavy atom. The topological polar surface area (TPSA) is 46.5 Å². The highest BCUT2D eigenvalue weighted by Gasteiger charge is 2.33. The average Bonchev–Trinajstić information content (AvgIpc) is 2.57. The van der Waals surface area contributed by atoms with Crippen LogP contribution in [-0.4, -0.2) is 18.2 Å². The third kappa shape index (κ3) is 5.16. The molecule has 1 N–H and O–H groups in total. The van der Waals surface area contributed by atoms with Crippen molar-refractivity contribution in [2.75, 3.05) is 7.11 Å². The lowest BCUT2D eigenvalue weighted by atomic mass is 9.88. The van der Waals surface area contributed by atoms with Crippen molar-refractivity contribution >= 4 is 17.6 Å². The van der Waals surface area contributed by atoms with Gasteiger partial charge in [0.05, 0.1) is 23.6 Å². The van der Waals surface area contributed by atoms with Crippen molar-refractivity contribution < 1.29 is 27.8 Å². The molecule has 0 amide bonds. The van der Waals surface area contributed by atoms with Crippen LogP contribution in [0.4, 0.5) is 13.2 Å². The van der Waals surface area contributed by atoms with E-state index in [9.17, 15) is 23.1 Å². The predicted octanol–water partition coefficient (Wildman–Crippen LogP) is 6.03. The van der Waals surface area contributed by atoms with E-state index < -0.39 is 28.6 Å². The molecule has 0 aliphatic rings. The third-order valence-corrected chi connectivity index (χ3v) is 4.47. The van der Waals surface area contributed by atoms with Crippen molar-refractivity contribution in [3.8, 4) is 16.9 Å². The average molecular weight is 401 g/mol. The highest BCUT2D eigenvalue weighted by molar-refractivity contribution is 6.31. The Morgan fingerprint density at radius 1 is 1.15 bits per heavy atom. The van der Waals surface area contributed by atoms with Crippen molar-refractivity contribution in [1.82, 2.24) is 0 Å². The van der Waals surface area contributed by atoms with Crippen molar-refractivity contribution in [2.24, 2.45) is 5.92 Å². The molecule has 0 saturated carbocycles. The number of benzene rings is 2. The summed E-state index contributed by atoms with van der Waals surface area (Å²) in [5.74, 6) is -1.07. The van der Waals surface area contributed by atoms with Crippen LogP contribution in [0.25, 0.3) is 11.1 Å². The monoisotopic (exact) mass is 400 g/mol. The Morgan fingerprint density at radius 3 is 2.37 bits per heavy atom. The summed E-state index contributed by atoms with van der Waals surface area (Å²) in [6, 6.07) is 7.88. The highest BCUT2D eigenvalue weighted by Crippen LogP contribution is 2.39. The molecule has 146 valence electrons. The van der Waals surface area contributed by atoms with Crippen molar-refractivity contribution in [3.05, 3.63) is 52.5 Å². The second-order valence-corrected chi connectivity index (χ2v) is 7.12. The number of aromatic hydroxyl groups is 1. The number of carbonyl (C=O) groups excluding carboxylic acids is 1. The highest BCUT2D eigenvalue weighted by atomic mass is 35.5. The van der Waals surface area contributed by atoms with E-state index in [2.05, 4.69) is 0 Å². The van der Waals surface area contributed by atoms with Gasteiger partial charge >= 0.3 is 12.1 Å². The number of phenols is 1. The Hall–Kier alpha value is -2.21. The molecular weight excluding hydrogens is 381 g/mol. The van der Waals surface area contributed by atoms with E-state index in [1.807, 2.05) is 13.8 Å². The van der Waals surface area contributed by atoms with Crippen LogP contribution in [-0.2, 0) is 15.7 Å². The number of ether oxygens (including phenoxy) is 1. The number of hydrogen-bond acceptors (Lipinski definition) is 3. The zero-order valence-corrected chi connectivity index (χ0v) is 15.9. The van der Waals surface area contributed by atoms with Crippen LogP contribution in [0.5, 0.6) is 5.75 Å². The number of carbonyl (C=O) groups is 1. The van der Waals surface area contributed by atoms with Crippen molar-refractivity contribution in [1.29, 1.82) is 0 Å². The first-order chi connectivity index (χ1) is 12.5. The normalized spacial score (nSPS) is 12.9. The number of rotatable bonds is 5. The van der Waals surface area contributed by atoms with Gasteiger partial charge in [-0.15, -0.1) is 0 Å². The fourth-order valence-corrected chi connectivity index (χ4v) is 3.13. The van der Waals surface area contributed by atoms with Crippen molar-refractivity contribution in [2.45, 2.75) is 32.4 Å². The minimum absolute atomic E-state index is 0.149. The molecular formula is C20H20ClF3O3. The number of alkyl halides is 3. The Balaban J connectivity index is 2.56. The SMILES string of the molecule is COC(=O)C(CC(C)C)c1cc(O)cc(-c2ccc(Cl)c(C(F)(F)F)c2)c1. The molecule has 1 unspecified atom stereocenters. The summed E-state index contributed by atoms with van der Waals surface area (Å²) in [5, 5.41) is 9.67. The maximum absolute atomic E-state index is 13.1. The molecule has 0 fully saturated rings. The molecule has 0 aliphatic carbocycles. The summed E-state index contributed by atoms with van der Waals surface area (Å²) < 4.78 is 44.2. The molecule has 1 atom stereocenters. The number of hydrogen-bond donors (Lipinski definition) is 1.